The number of hydrogen-bond donors (Lipinski definition) is 3. The van der Waals surface area contributed by atoms with E-state index in [2.05, 4.69) is 25.5 Å². The molecule has 134 valence electrons. The first-order valence-electron chi connectivity index (χ1n) is 7.78. The highest BCUT2D eigenvalue weighted by molar-refractivity contribution is 7.16. The summed E-state index contributed by atoms with van der Waals surface area (Å²) in [6.45, 7) is 2.77. The fourth-order valence-electron chi connectivity index (χ4n) is 2.64. The van der Waals surface area contributed by atoms with Gasteiger partial charge in [0.15, 0.2) is 22.3 Å². The lowest BCUT2D eigenvalue weighted by Crippen LogP contribution is -2.54. The maximum atomic E-state index is 12.3. The van der Waals surface area contributed by atoms with Crippen molar-refractivity contribution in [3.05, 3.63) is 21.7 Å². The number of aryl methyl sites for hydroxylation is 1. The summed E-state index contributed by atoms with van der Waals surface area (Å²) < 4.78 is 0. The normalized spacial score (nSPS) is 20.5. The minimum absolute atomic E-state index is 0.135. The van der Waals surface area contributed by atoms with Gasteiger partial charge in [0.25, 0.3) is 5.91 Å². The van der Waals surface area contributed by atoms with E-state index in [1.165, 1.54) is 11.3 Å². The molecule has 1 amide bonds. The molecule has 0 aromatic carbocycles. The number of piperidine rings is 1. The van der Waals surface area contributed by atoms with E-state index in [4.69, 9.17) is 11.6 Å². The van der Waals surface area contributed by atoms with Gasteiger partial charge in [-0.2, -0.15) is 0 Å². The lowest BCUT2D eigenvalue weighted by molar-refractivity contribution is 0.0790. The third kappa shape index (κ3) is 3.80. The van der Waals surface area contributed by atoms with Gasteiger partial charge >= 0.3 is 0 Å². The number of aromatic nitrogens is 4. The summed E-state index contributed by atoms with van der Waals surface area (Å²) in [6, 6.07) is -0.406. The average Bonchev–Trinajstić information content (AvgIpc) is 3.23. The highest BCUT2D eigenvalue weighted by atomic mass is 35.5. The predicted octanol–water partition coefficient (Wildman–Crippen LogP) is 0.659. The molecule has 0 bridgehead atoms. The van der Waals surface area contributed by atoms with Crippen molar-refractivity contribution >= 4 is 40.3 Å². The summed E-state index contributed by atoms with van der Waals surface area (Å²) >= 11 is 7.11. The van der Waals surface area contributed by atoms with Gasteiger partial charge in [-0.3, -0.25) is 9.59 Å². The molecule has 2 aromatic heterocycles. The maximum Gasteiger partial charge on any atom is 0.287 e. The zero-order chi connectivity index (χ0) is 18.0. The largest absolute Gasteiger partial charge is 0.389 e. The first-order valence-corrected chi connectivity index (χ1v) is 8.98. The van der Waals surface area contributed by atoms with E-state index in [-0.39, 0.29) is 17.5 Å². The maximum absolute atomic E-state index is 12.3. The summed E-state index contributed by atoms with van der Waals surface area (Å²) in [6.07, 6.45) is 1.03. The van der Waals surface area contributed by atoms with Crippen molar-refractivity contribution in [1.82, 2.24) is 25.5 Å². The third-order valence-corrected chi connectivity index (χ3v) is 5.22. The van der Waals surface area contributed by atoms with Gasteiger partial charge in [-0.05, 0) is 12.8 Å². The molecule has 11 heteroatoms. The van der Waals surface area contributed by atoms with Crippen LogP contribution < -0.4 is 10.2 Å². The molecule has 0 aliphatic carbocycles. The van der Waals surface area contributed by atoms with E-state index in [1.807, 2.05) is 11.8 Å². The number of carbonyl (C=O) groups is 2. The van der Waals surface area contributed by atoms with Crippen LogP contribution in [-0.4, -0.2) is 62.7 Å². The number of hydrogen-bond acceptors (Lipinski definition) is 8. The van der Waals surface area contributed by atoms with Gasteiger partial charge in [-0.15, -0.1) is 10.2 Å². The van der Waals surface area contributed by atoms with Crippen LogP contribution in [0.15, 0.2) is 0 Å². The lowest BCUT2D eigenvalue weighted by atomic mass is 10.0. The summed E-state index contributed by atoms with van der Waals surface area (Å²) in [7, 11) is 0. The molecule has 25 heavy (non-hydrogen) atoms. The number of imidazole rings is 1. The van der Waals surface area contributed by atoms with Gasteiger partial charge in [0.2, 0.25) is 5.13 Å². The molecule has 2 atom stereocenters. The van der Waals surface area contributed by atoms with Crippen LogP contribution in [-0.2, 0) is 6.42 Å². The van der Waals surface area contributed by atoms with Crippen molar-refractivity contribution in [2.45, 2.75) is 31.9 Å². The van der Waals surface area contributed by atoms with Gasteiger partial charge in [0.1, 0.15) is 0 Å². The number of β-amino-alcohol motifs (C(OH)–C–C–N with tert-alkyl or cyclic N) is 1. The number of aromatic amines is 1. The van der Waals surface area contributed by atoms with Crippen LogP contribution in [0.5, 0.6) is 0 Å². The Morgan fingerprint density at radius 3 is 2.96 bits per heavy atom. The molecule has 2 unspecified atom stereocenters. The smallest absolute Gasteiger partial charge is 0.287 e. The molecule has 9 nitrogen and oxygen atoms in total. The molecular formula is C14H17ClN6O3S. The molecule has 2 aromatic rings. The zero-order valence-corrected chi connectivity index (χ0v) is 15.0. The number of halogens is 1. The molecule has 0 spiro atoms. The second-order valence-corrected chi connectivity index (χ2v) is 6.98. The second-order valence-electron chi connectivity index (χ2n) is 5.63. The summed E-state index contributed by atoms with van der Waals surface area (Å²) in [5.41, 5.74) is 0.699. The van der Waals surface area contributed by atoms with Gasteiger partial charge in [0, 0.05) is 13.1 Å². The number of nitrogens with zero attached hydrogens (tertiary/aromatic N) is 4. The first kappa shape index (κ1) is 17.8. The Hall–Kier alpha value is -2.04. The van der Waals surface area contributed by atoms with Crippen molar-refractivity contribution in [3.63, 3.8) is 0 Å². The SMILES string of the molecule is CCc1[nH]c(C(=O)NC2CCN(c3nnc(C=O)s3)CC2O)nc1Cl. The van der Waals surface area contributed by atoms with Crippen molar-refractivity contribution in [3.8, 4) is 0 Å². The Balaban J connectivity index is 1.61. The van der Waals surface area contributed by atoms with E-state index in [9.17, 15) is 14.7 Å². The molecule has 1 aliphatic rings. The molecule has 1 saturated heterocycles. The van der Waals surface area contributed by atoms with E-state index in [0.29, 0.717) is 41.5 Å². The monoisotopic (exact) mass is 384 g/mol. The highest BCUT2D eigenvalue weighted by Gasteiger charge is 2.31. The van der Waals surface area contributed by atoms with Crippen molar-refractivity contribution in [1.29, 1.82) is 0 Å². The Kier molecular flexibility index (Phi) is 5.30. The molecule has 0 radical (unpaired) electrons. The fraction of sp³-hybridized carbons (Fsp3) is 0.500. The minimum atomic E-state index is -0.780. The molecule has 1 fully saturated rings. The number of nitrogens with one attached hydrogen (secondary N) is 2. The third-order valence-electron chi connectivity index (χ3n) is 4.00. The van der Waals surface area contributed by atoms with Crippen molar-refractivity contribution in [2.24, 2.45) is 0 Å². The van der Waals surface area contributed by atoms with Crippen LogP contribution in [0.1, 0.15) is 39.5 Å². The highest BCUT2D eigenvalue weighted by Crippen LogP contribution is 2.23. The number of amides is 1. The van der Waals surface area contributed by atoms with E-state index in [1.54, 1.807) is 0 Å². The minimum Gasteiger partial charge on any atom is -0.389 e. The Bertz CT molecular complexity index is 778. The van der Waals surface area contributed by atoms with E-state index >= 15 is 0 Å². The molecule has 3 heterocycles. The van der Waals surface area contributed by atoms with Gasteiger partial charge < -0.3 is 20.3 Å². The quantitative estimate of drug-likeness (QED) is 0.647. The number of aliphatic hydroxyl groups excluding tert-OH is 1. The van der Waals surface area contributed by atoms with Crippen molar-refractivity contribution in [2.75, 3.05) is 18.0 Å². The van der Waals surface area contributed by atoms with Gasteiger partial charge in [0.05, 0.1) is 17.8 Å². The number of aliphatic hydroxyl groups is 1. The van der Waals surface area contributed by atoms with Crippen LogP contribution >= 0.6 is 22.9 Å². The molecule has 3 rings (SSSR count). The summed E-state index contributed by atoms with van der Waals surface area (Å²) in [5, 5.41) is 22.0. The fourth-order valence-corrected chi connectivity index (χ4v) is 3.60. The predicted molar refractivity (Wildman–Crippen MR) is 92.4 cm³/mol. The Morgan fingerprint density at radius 2 is 2.36 bits per heavy atom. The first-order chi connectivity index (χ1) is 12.0. The lowest BCUT2D eigenvalue weighted by Gasteiger charge is -2.35. The molecule has 3 N–H and O–H groups in total. The molecular weight excluding hydrogens is 368 g/mol. The van der Waals surface area contributed by atoms with Crippen molar-refractivity contribution < 1.29 is 14.7 Å². The summed E-state index contributed by atoms with van der Waals surface area (Å²) in [5.74, 6) is -0.269. The average molecular weight is 385 g/mol. The zero-order valence-electron chi connectivity index (χ0n) is 13.4. The Morgan fingerprint density at radius 1 is 1.56 bits per heavy atom. The van der Waals surface area contributed by atoms with Crippen LogP contribution in [0.4, 0.5) is 5.13 Å². The number of rotatable bonds is 5. The van der Waals surface area contributed by atoms with Gasteiger partial charge in [-0.1, -0.05) is 29.9 Å². The number of carbonyl (C=O) groups excluding carboxylic acids is 2. The van der Waals surface area contributed by atoms with Crippen LogP contribution in [0.25, 0.3) is 0 Å². The van der Waals surface area contributed by atoms with Crippen LogP contribution in [0.2, 0.25) is 5.15 Å². The van der Waals surface area contributed by atoms with E-state index in [0.717, 1.165) is 0 Å². The second kappa shape index (κ2) is 7.46. The van der Waals surface area contributed by atoms with Crippen LogP contribution in [0.3, 0.4) is 0 Å². The topological polar surface area (TPSA) is 124 Å². The number of aldehydes is 1. The standard InChI is InChI=1S/C14H17ClN6O3S/c1-2-7-11(15)18-12(16-7)13(24)17-8-3-4-21(5-9(8)23)14-20-19-10(6-22)25-14/h6,8-9,23H,2-5H2,1H3,(H,16,18)(H,17,24). The molecule has 0 saturated carbocycles. The molecule has 1 aliphatic heterocycles. The van der Waals surface area contributed by atoms with E-state index < -0.39 is 18.1 Å². The van der Waals surface area contributed by atoms with Gasteiger partial charge in [-0.25, -0.2) is 4.98 Å². The number of anilines is 1. The number of H-pyrrole nitrogens is 1. The van der Waals surface area contributed by atoms with Crippen LogP contribution in [0, 0.1) is 0 Å². The summed E-state index contributed by atoms with van der Waals surface area (Å²) in [4.78, 5) is 31.7. The Labute approximate surface area is 152 Å².